The van der Waals surface area contributed by atoms with Gasteiger partial charge in [0.25, 0.3) is 5.91 Å². The molecule has 1 aromatic carbocycles. The minimum atomic E-state index is -0.229. The zero-order valence-electron chi connectivity index (χ0n) is 14.2. The van der Waals surface area contributed by atoms with Crippen LogP contribution >= 0.6 is 0 Å². The molecule has 3 aromatic rings. The second kappa shape index (κ2) is 7.53. The molecule has 0 spiro atoms. The highest BCUT2D eigenvalue weighted by molar-refractivity contribution is 6.04. The number of rotatable bonds is 5. The Balaban J connectivity index is 1.63. The zero-order chi connectivity index (χ0) is 17.6. The molecule has 0 aliphatic heterocycles. The van der Waals surface area contributed by atoms with Gasteiger partial charge in [-0.15, -0.1) is 0 Å². The predicted octanol–water partition coefficient (Wildman–Crippen LogP) is 3.35. The fourth-order valence-corrected chi connectivity index (χ4v) is 2.29. The molecule has 0 saturated carbocycles. The van der Waals surface area contributed by atoms with Gasteiger partial charge in [0, 0.05) is 37.0 Å². The molecule has 3 rings (SSSR count). The van der Waals surface area contributed by atoms with Gasteiger partial charge in [-0.1, -0.05) is 18.2 Å². The summed E-state index contributed by atoms with van der Waals surface area (Å²) < 4.78 is 0. The van der Waals surface area contributed by atoms with E-state index in [1.165, 1.54) is 12.4 Å². The van der Waals surface area contributed by atoms with Gasteiger partial charge >= 0.3 is 0 Å². The minimum Gasteiger partial charge on any atom is -0.350 e. The van der Waals surface area contributed by atoms with Crippen molar-refractivity contribution in [1.82, 2.24) is 15.0 Å². The van der Waals surface area contributed by atoms with Gasteiger partial charge in [-0.05, 0) is 42.7 Å². The van der Waals surface area contributed by atoms with Crippen molar-refractivity contribution in [1.29, 1.82) is 0 Å². The van der Waals surface area contributed by atoms with Crippen LogP contribution in [0.3, 0.4) is 0 Å². The van der Waals surface area contributed by atoms with Crippen LogP contribution in [0, 0.1) is 13.8 Å². The Morgan fingerprint density at radius 2 is 1.88 bits per heavy atom. The van der Waals surface area contributed by atoms with Gasteiger partial charge in [-0.2, -0.15) is 0 Å². The van der Waals surface area contributed by atoms with E-state index < -0.39 is 0 Å². The quantitative estimate of drug-likeness (QED) is 0.748. The number of aromatic nitrogens is 3. The van der Waals surface area contributed by atoms with Crippen molar-refractivity contribution < 1.29 is 4.79 Å². The zero-order valence-corrected chi connectivity index (χ0v) is 14.2. The van der Waals surface area contributed by atoms with Crippen LogP contribution in [0.4, 0.5) is 11.6 Å². The second-order valence-electron chi connectivity index (χ2n) is 5.78. The lowest BCUT2D eigenvalue weighted by Gasteiger charge is -2.09. The van der Waals surface area contributed by atoms with Crippen molar-refractivity contribution in [2.75, 3.05) is 10.6 Å². The van der Waals surface area contributed by atoms with Crippen LogP contribution in [0.1, 0.15) is 27.0 Å². The van der Waals surface area contributed by atoms with Gasteiger partial charge in [-0.25, -0.2) is 9.97 Å². The highest BCUT2D eigenvalue weighted by Crippen LogP contribution is 2.17. The van der Waals surface area contributed by atoms with E-state index in [1.54, 1.807) is 12.4 Å². The van der Waals surface area contributed by atoms with Crippen LogP contribution in [0.15, 0.2) is 55.1 Å². The lowest BCUT2D eigenvalue weighted by atomic mass is 10.1. The maximum absolute atomic E-state index is 12.3. The van der Waals surface area contributed by atoms with Gasteiger partial charge in [-0.3, -0.25) is 9.78 Å². The molecule has 0 unspecified atom stereocenters. The topological polar surface area (TPSA) is 79.8 Å². The van der Waals surface area contributed by atoms with Crippen LogP contribution in [-0.2, 0) is 6.54 Å². The molecule has 2 aromatic heterocycles. The summed E-state index contributed by atoms with van der Waals surface area (Å²) in [7, 11) is 0. The van der Waals surface area contributed by atoms with Crippen molar-refractivity contribution in [3.63, 3.8) is 0 Å². The fourth-order valence-electron chi connectivity index (χ4n) is 2.29. The monoisotopic (exact) mass is 333 g/mol. The van der Waals surface area contributed by atoms with E-state index in [0.717, 1.165) is 22.4 Å². The molecule has 0 aliphatic rings. The highest BCUT2D eigenvalue weighted by Gasteiger charge is 2.09. The third-order valence-corrected chi connectivity index (χ3v) is 3.73. The number of nitrogens with one attached hydrogen (secondary N) is 2. The minimum absolute atomic E-state index is 0.229. The maximum Gasteiger partial charge on any atom is 0.258 e. The Labute approximate surface area is 146 Å². The van der Waals surface area contributed by atoms with Crippen molar-refractivity contribution >= 4 is 17.5 Å². The second-order valence-corrected chi connectivity index (χ2v) is 5.78. The molecule has 0 aliphatic carbocycles. The number of hydrogen-bond donors (Lipinski definition) is 2. The first-order chi connectivity index (χ1) is 12.1. The molecular weight excluding hydrogens is 314 g/mol. The van der Waals surface area contributed by atoms with Crippen molar-refractivity contribution in [3.8, 4) is 0 Å². The molecule has 2 heterocycles. The first kappa shape index (κ1) is 16.6. The average molecular weight is 333 g/mol. The van der Waals surface area contributed by atoms with Crippen LogP contribution in [-0.4, -0.2) is 20.9 Å². The number of aryl methyl sites for hydroxylation is 2. The van der Waals surface area contributed by atoms with Gasteiger partial charge < -0.3 is 10.6 Å². The van der Waals surface area contributed by atoms with E-state index >= 15 is 0 Å². The third kappa shape index (κ3) is 4.38. The van der Waals surface area contributed by atoms with E-state index in [-0.39, 0.29) is 5.91 Å². The fraction of sp³-hybridized carbons (Fsp3) is 0.158. The van der Waals surface area contributed by atoms with E-state index in [4.69, 9.17) is 0 Å². The molecule has 0 saturated heterocycles. The first-order valence-electron chi connectivity index (χ1n) is 7.95. The molecular formula is C19H19N5O. The highest BCUT2D eigenvalue weighted by atomic mass is 16.1. The van der Waals surface area contributed by atoms with E-state index in [2.05, 4.69) is 25.6 Å². The number of amides is 1. The van der Waals surface area contributed by atoms with Gasteiger partial charge in [0.1, 0.15) is 0 Å². The van der Waals surface area contributed by atoms with Crippen LogP contribution in [0.2, 0.25) is 0 Å². The molecule has 0 bridgehead atoms. The molecule has 0 radical (unpaired) electrons. The summed E-state index contributed by atoms with van der Waals surface area (Å²) in [5.74, 6) is 0.236. The standard InChI is InChI=1S/C19H19N5O/c1-13-5-6-14(2)17(8-13)24-18(25)16-11-22-19(23-12-16)21-10-15-4-3-7-20-9-15/h3-9,11-12H,10H2,1-2H3,(H,24,25)(H,21,22,23). The Bertz CT molecular complexity index is 863. The Kier molecular flexibility index (Phi) is 4.99. The number of hydrogen-bond acceptors (Lipinski definition) is 5. The van der Waals surface area contributed by atoms with E-state index in [9.17, 15) is 4.79 Å². The molecule has 6 heteroatoms. The summed E-state index contributed by atoms with van der Waals surface area (Å²) in [6.07, 6.45) is 6.53. The van der Waals surface area contributed by atoms with E-state index in [1.807, 2.05) is 44.2 Å². The SMILES string of the molecule is Cc1ccc(C)c(NC(=O)c2cnc(NCc3cccnc3)nc2)c1. The lowest BCUT2D eigenvalue weighted by Crippen LogP contribution is -2.14. The summed E-state index contributed by atoms with van der Waals surface area (Å²) in [6, 6.07) is 9.77. The van der Waals surface area contributed by atoms with Crippen LogP contribution < -0.4 is 10.6 Å². The normalized spacial score (nSPS) is 10.3. The van der Waals surface area contributed by atoms with Gasteiger partial charge in [0.05, 0.1) is 5.56 Å². The lowest BCUT2D eigenvalue weighted by molar-refractivity contribution is 0.102. The first-order valence-corrected chi connectivity index (χ1v) is 7.95. The molecule has 25 heavy (non-hydrogen) atoms. The average Bonchev–Trinajstić information content (AvgIpc) is 2.64. The summed E-state index contributed by atoms with van der Waals surface area (Å²) in [6.45, 7) is 4.51. The Morgan fingerprint density at radius 3 is 2.60 bits per heavy atom. The maximum atomic E-state index is 12.3. The number of carbonyl (C=O) groups excluding carboxylic acids is 1. The largest absolute Gasteiger partial charge is 0.350 e. The van der Waals surface area contributed by atoms with Gasteiger partial charge in [0.15, 0.2) is 0 Å². The molecule has 2 N–H and O–H groups in total. The van der Waals surface area contributed by atoms with Crippen LogP contribution in [0.25, 0.3) is 0 Å². The molecule has 126 valence electrons. The molecule has 0 fully saturated rings. The molecule has 0 atom stereocenters. The number of carbonyl (C=O) groups is 1. The number of anilines is 2. The third-order valence-electron chi connectivity index (χ3n) is 3.73. The summed E-state index contributed by atoms with van der Waals surface area (Å²) >= 11 is 0. The number of benzene rings is 1. The summed E-state index contributed by atoms with van der Waals surface area (Å²) in [5, 5.41) is 6.00. The van der Waals surface area contributed by atoms with E-state index in [0.29, 0.717) is 18.1 Å². The van der Waals surface area contributed by atoms with Crippen LogP contribution in [0.5, 0.6) is 0 Å². The number of nitrogens with zero attached hydrogens (tertiary/aromatic N) is 3. The summed E-state index contributed by atoms with van der Waals surface area (Å²) in [5.41, 5.74) is 4.33. The van der Waals surface area contributed by atoms with Crippen molar-refractivity contribution in [2.45, 2.75) is 20.4 Å². The van der Waals surface area contributed by atoms with Gasteiger partial charge in [0.2, 0.25) is 5.95 Å². The summed E-state index contributed by atoms with van der Waals surface area (Å²) in [4.78, 5) is 24.8. The van der Waals surface area contributed by atoms with Crippen molar-refractivity contribution in [3.05, 3.63) is 77.4 Å². The Morgan fingerprint density at radius 1 is 1.08 bits per heavy atom. The molecule has 1 amide bonds. The predicted molar refractivity (Wildman–Crippen MR) is 97.5 cm³/mol. The van der Waals surface area contributed by atoms with Crippen molar-refractivity contribution in [2.24, 2.45) is 0 Å². The smallest absolute Gasteiger partial charge is 0.258 e. The Hall–Kier alpha value is -3.28. The molecule has 6 nitrogen and oxygen atoms in total. The number of pyridine rings is 1.